The maximum absolute atomic E-state index is 6.10. The minimum atomic E-state index is -0.317. The molecule has 1 fully saturated rings. The standard InChI is InChI=1S/C14H21N3OS/c1-9-3-5-14(18-2,6-4-9)13-16-11-8-19-7-10(11)12(15)17-13/h9H,3-8H2,1-2H3,(H2,15,16,17). The minimum Gasteiger partial charge on any atom is -0.383 e. The molecule has 1 aromatic heterocycles. The third kappa shape index (κ3) is 2.23. The molecule has 1 aliphatic heterocycles. The average molecular weight is 279 g/mol. The number of anilines is 1. The van der Waals surface area contributed by atoms with Crippen LogP contribution >= 0.6 is 11.8 Å². The van der Waals surface area contributed by atoms with E-state index in [-0.39, 0.29) is 5.60 Å². The van der Waals surface area contributed by atoms with Gasteiger partial charge in [0.2, 0.25) is 0 Å². The van der Waals surface area contributed by atoms with E-state index in [0.29, 0.717) is 5.82 Å². The van der Waals surface area contributed by atoms with Gasteiger partial charge in [0.05, 0.1) is 5.69 Å². The number of methoxy groups -OCH3 is 1. The number of nitrogens with zero attached hydrogens (tertiary/aromatic N) is 2. The molecule has 19 heavy (non-hydrogen) atoms. The molecule has 0 aromatic carbocycles. The van der Waals surface area contributed by atoms with Crippen LogP contribution < -0.4 is 5.73 Å². The van der Waals surface area contributed by atoms with E-state index in [1.807, 2.05) is 11.8 Å². The van der Waals surface area contributed by atoms with Crippen LogP contribution in [0.3, 0.4) is 0 Å². The van der Waals surface area contributed by atoms with E-state index in [9.17, 15) is 0 Å². The summed E-state index contributed by atoms with van der Waals surface area (Å²) >= 11 is 1.86. The Morgan fingerprint density at radius 1 is 1.26 bits per heavy atom. The molecule has 1 aromatic rings. The maximum Gasteiger partial charge on any atom is 0.162 e. The van der Waals surface area contributed by atoms with Crippen LogP contribution in [-0.4, -0.2) is 17.1 Å². The van der Waals surface area contributed by atoms with Crippen molar-refractivity contribution in [3.8, 4) is 0 Å². The molecule has 4 nitrogen and oxygen atoms in total. The molecule has 1 saturated carbocycles. The Hall–Kier alpha value is -0.810. The first-order valence-electron chi connectivity index (χ1n) is 6.93. The molecule has 0 atom stereocenters. The number of nitrogen functional groups attached to an aromatic ring is 1. The zero-order valence-corrected chi connectivity index (χ0v) is 12.4. The van der Waals surface area contributed by atoms with Crippen LogP contribution in [0.15, 0.2) is 0 Å². The van der Waals surface area contributed by atoms with Gasteiger partial charge in [-0.2, -0.15) is 11.8 Å². The minimum absolute atomic E-state index is 0.317. The Labute approximate surface area is 118 Å². The third-order valence-electron chi connectivity index (χ3n) is 4.49. The van der Waals surface area contributed by atoms with Crippen LogP contribution in [0.5, 0.6) is 0 Å². The van der Waals surface area contributed by atoms with Gasteiger partial charge in [-0.3, -0.25) is 0 Å². The highest BCUT2D eigenvalue weighted by Crippen LogP contribution is 2.42. The van der Waals surface area contributed by atoms with Crippen molar-refractivity contribution < 1.29 is 4.74 Å². The Bertz CT molecular complexity index is 484. The Kier molecular flexibility index (Phi) is 3.43. The molecule has 2 N–H and O–H groups in total. The number of rotatable bonds is 2. The smallest absolute Gasteiger partial charge is 0.162 e. The lowest BCUT2D eigenvalue weighted by Crippen LogP contribution is -2.35. The van der Waals surface area contributed by atoms with Gasteiger partial charge in [-0.25, -0.2) is 9.97 Å². The second kappa shape index (κ2) is 4.94. The van der Waals surface area contributed by atoms with E-state index in [0.717, 1.165) is 47.3 Å². The Balaban J connectivity index is 1.98. The van der Waals surface area contributed by atoms with E-state index in [1.165, 1.54) is 12.8 Å². The second-order valence-corrected chi connectivity index (χ2v) is 6.72. The number of thioether (sulfide) groups is 1. The molecule has 3 rings (SSSR count). The zero-order valence-electron chi connectivity index (χ0n) is 11.6. The molecule has 2 heterocycles. The van der Waals surface area contributed by atoms with Gasteiger partial charge in [-0.15, -0.1) is 0 Å². The van der Waals surface area contributed by atoms with Crippen LogP contribution in [-0.2, 0) is 21.8 Å². The van der Waals surface area contributed by atoms with Crippen LogP contribution in [0.4, 0.5) is 5.82 Å². The summed E-state index contributed by atoms with van der Waals surface area (Å²) < 4.78 is 5.84. The third-order valence-corrected chi connectivity index (χ3v) is 5.46. The summed E-state index contributed by atoms with van der Waals surface area (Å²) in [4.78, 5) is 9.33. The lowest BCUT2D eigenvalue weighted by atomic mass is 9.79. The molecular formula is C14H21N3OS. The molecule has 1 aliphatic carbocycles. The van der Waals surface area contributed by atoms with E-state index in [1.54, 1.807) is 7.11 Å². The number of nitrogens with two attached hydrogens (primary N) is 1. The molecule has 0 saturated heterocycles. The lowest BCUT2D eigenvalue weighted by molar-refractivity contribution is -0.0597. The van der Waals surface area contributed by atoms with Gasteiger partial charge >= 0.3 is 0 Å². The van der Waals surface area contributed by atoms with Crippen LogP contribution in [0.25, 0.3) is 0 Å². The quantitative estimate of drug-likeness (QED) is 0.902. The van der Waals surface area contributed by atoms with Crippen molar-refractivity contribution in [2.45, 2.75) is 49.7 Å². The molecule has 2 aliphatic rings. The van der Waals surface area contributed by atoms with E-state index in [4.69, 9.17) is 15.5 Å². The molecule has 0 spiro atoms. The Morgan fingerprint density at radius 3 is 2.68 bits per heavy atom. The van der Waals surface area contributed by atoms with Gasteiger partial charge in [0.25, 0.3) is 0 Å². The zero-order chi connectivity index (χ0) is 13.5. The summed E-state index contributed by atoms with van der Waals surface area (Å²) in [7, 11) is 1.78. The van der Waals surface area contributed by atoms with E-state index in [2.05, 4.69) is 11.9 Å². The van der Waals surface area contributed by atoms with Gasteiger partial charge in [-0.05, 0) is 31.6 Å². The predicted molar refractivity (Wildman–Crippen MR) is 77.8 cm³/mol. The number of ether oxygens (including phenoxy) is 1. The molecule has 0 bridgehead atoms. The summed E-state index contributed by atoms with van der Waals surface area (Å²) in [6.45, 7) is 2.30. The first-order chi connectivity index (χ1) is 9.14. The largest absolute Gasteiger partial charge is 0.383 e. The van der Waals surface area contributed by atoms with Crippen molar-refractivity contribution in [2.24, 2.45) is 5.92 Å². The molecular weight excluding hydrogens is 258 g/mol. The fourth-order valence-corrected chi connectivity index (χ4v) is 4.08. The lowest BCUT2D eigenvalue weighted by Gasteiger charge is -2.37. The maximum atomic E-state index is 6.10. The van der Waals surface area contributed by atoms with Gasteiger partial charge in [0.15, 0.2) is 5.82 Å². The molecule has 0 radical (unpaired) electrons. The topological polar surface area (TPSA) is 61.0 Å². The first kappa shape index (κ1) is 13.2. The average Bonchev–Trinajstić information content (AvgIpc) is 2.89. The van der Waals surface area contributed by atoms with E-state index >= 15 is 0 Å². The number of hydrogen-bond donors (Lipinski definition) is 1. The van der Waals surface area contributed by atoms with Gasteiger partial charge < -0.3 is 10.5 Å². The monoisotopic (exact) mass is 279 g/mol. The van der Waals surface area contributed by atoms with Crippen molar-refractivity contribution in [3.05, 3.63) is 17.1 Å². The summed E-state index contributed by atoms with van der Waals surface area (Å²) in [5.74, 6) is 4.12. The highest BCUT2D eigenvalue weighted by Gasteiger charge is 2.39. The summed E-state index contributed by atoms with van der Waals surface area (Å²) in [5.41, 5.74) is 8.03. The SMILES string of the molecule is COC1(c2nc(N)c3c(n2)CSC3)CCC(C)CC1. The fraction of sp³-hybridized carbons (Fsp3) is 0.714. The van der Waals surface area contributed by atoms with Crippen LogP contribution in [0.1, 0.15) is 49.7 Å². The highest BCUT2D eigenvalue weighted by molar-refractivity contribution is 7.98. The van der Waals surface area contributed by atoms with E-state index < -0.39 is 0 Å². The van der Waals surface area contributed by atoms with Crippen molar-refractivity contribution in [3.63, 3.8) is 0 Å². The number of hydrogen-bond acceptors (Lipinski definition) is 5. The number of fused-ring (bicyclic) bond motifs is 1. The molecule has 0 unspecified atom stereocenters. The van der Waals surface area contributed by atoms with Crippen molar-refractivity contribution in [1.29, 1.82) is 0 Å². The fourth-order valence-electron chi connectivity index (χ4n) is 3.03. The van der Waals surface area contributed by atoms with Crippen LogP contribution in [0, 0.1) is 5.92 Å². The highest BCUT2D eigenvalue weighted by atomic mass is 32.2. The summed E-state index contributed by atoms with van der Waals surface area (Å²) in [6, 6.07) is 0. The van der Waals surface area contributed by atoms with Gasteiger partial charge in [-0.1, -0.05) is 6.92 Å². The second-order valence-electron chi connectivity index (χ2n) is 5.73. The first-order valence-corrected chi connectivity index (χ1v) is 8.09. The van der Waals surface area contributed by atoms with Crippen molar-refractivity contribution in [2.75, 3.05) is 12.8 Å². The molecule has 0 amide bonds. The summed E-state index contributed by atoms with van der Waals surface area (Å²) in [5, 5.41) is 0. The van der Waals surface area contributed by atoms with Crippen molar-refractivity contribution in [1.82, 2.24) is 9.97 Å². The Morgan fingerprint density at radius 2 is 2.00 bits per heavy atom. The van der Waals surface area contributed by atoms with Gasteiger partial charge in [0.1, 0.15) is 11.4 Å². The predicted octanol–water partition coefficient (Wildman–Crippen LogP) is 2.86. The van der Waals surface area contributed by atoms with Crippen LogP contribution in [0.2, 0.25) is 0 Å². The molecule has 104 valence electrons. The number of aromatic nitrogens is 2. The van der Waals surface area contributed by atoms with Gasteiger partial charge in [0, 0.05) is 24.2 Å². The normalized spacial score (nSPS) is 30.3. The van der Waals surface area contributed by atoms with Crippen molar-refractivity contribution >= 4 is 17.6 Å². The molecule has 5 heteroatoms. The summed E-state index contributed by atoms with van der Waals surface area (Å²) in [6.07, 6.45) is 4.33.